The molecule has 6 heteroatoms. The Hall–Kier alpha value is -3.15. The average Bonchev–Trinajstić information content (AvgIpc) is 3.09. The van der Waals surface area contributed by atoms with Crippen LogP contribution in [0, 0.1) is 12.8 Å². The second kappa shape index (κ2) is 9.37. The van der Waals surface area contributed by atoms with Crippen molar-refractivity contribution >= 4 is 23.5 Å². The van der Waals surface area contributed by atoms with Crippen molar-refractivity contribution < 1.29 is 19.1 Å². The molecule has 0 aliphatic carbocycles. The predicted octanol–water partition coefficient (Wildman–Crippen LogP) is 3.09. The van der Waals surface area contributed by atoms with Gasteiger partial charge in [-0.25, -0.2) is 0 Å². The van der Waals surface area contributed by atoms with Crippen molar-refractivity contribution in [2.24, 2.45) is 5.92 Å². The molecule has 1 saturated heterocycles. The molecule has 0 bridgehead atoms. The summed E-state index contributed by atoms with van der Waals surface area (Å²) in [6, 6.07) is 15.5. The van der Waals surface area contributed by atoms with E-state index in [-0.39, 0.29) is 18.9 Å². The Morgan fingerprint density at radius 1 is 1.07 bits per heavy atom. The van der Waals surface area contributed by atoms with Crippen molar-refractivity contribution in [2.45, 2.75) is 33.2 Å². The van der Waals surface area contributed by atoms with Crippen LogP contribution in [0.5, 0.6) is 0 Å². The number of hydrogen-bond donors (Lipinski definition) is 1. The lowest BCUT2D eigenvalue weighted by Gasteiger charge is -2.16. The number of nitrogens with zero attached hydrogens (tertiary/aromatic N) is 1. The van der Waals surface area contributed by atoms with Gasteiger partial charge in [0, 0.05) is 25.2 Å². The van der Waals surface area contributed by atoms with Crippen LogP contribution in [0.1, 0.15) is 30.0 Å². The topological polar surface area (TPSA) is 75.7 Å². The first-order chi connectivity index (χ1) is 13.9. The van der Waals surface area contributed by atoms with Gasteiger partial charge in [-0.05, 0) is 36.6 Å². The summed E-state index contributed by atoms with van der Waals surface area (Å²) in [5, 5.41) is 2.70. The van der Waals surface area contributed by atoms with Crippen molar-refractivity contribution in [1.82, 2.24) is 4.90 Å². The third kappa shape index (κ3) is 5.67. The van der Waals surface area contributed by atoms with E-state index in [1.165, 1.54) is 5.56 Å². The first-order valence-electron chi connectivity index (χ1n) is 9.83. The summed E-state index contributed by atoms with van der Waals surface area (Å²) >= 11 is 0. The van der Waals surface area contributed by atoms with Crippen LogP contribution in [0.4, 0.5) is 5.69 Å². The Bertz CT molecular complexity index is 875. The van der Waals surface area contributed by atoms with Crippen molar-refractivity contribution in [3.8, 4) is 0 Å². The lowest BCUT2D eigenvalue weighted by atomic mass is 10.1. The van der Waals surface area contributed by atoms with E-state index in [0.29, 0.717) is 18.8 Å². The number of benzene rings is 2. The smallest absolute Gasteiger partial charge is 0.311 e. The van der Waals surface area contributed by atoms with Crippen LogP contribution in [0.2, 0.25) is 0 Å². The standard InChI is InChI=1S/C23H26N2O4/c1-3-17-8-10-20(11-9-17)24-21(26)15-29-23(28)19-12-22(27)25(14-19)13-18-6-4-16(2)5-7-18/h4-11,19H,3,12-15H2,1-2H3,(H,24,26)/t19-/m0/s1. The maximum absolute atomic E-state index is 12.3. The Morgan fingerprint density at radius 3 is 2.38 bits per heavy atom. The highest BCUT2D eigenvalue weighted by Gasteiger charge is 2.35. The molecule has 1 atom stereocenters. The van der Waals surface area contributed by atoms with Crippen LogP contribution in [0.3, 0.4) is 0 Å². The van der Waals surface area contributed by atoms with E-state index in [2.05, 4.69) is 12.2 Å². The predicted molar refractivity (Wildman–Crippen MR) is 110 cm³/mol. The minimum absolute atomic E-state index is 0.0759. The molecular weight excluding hydrogens is 368 g/mol. The first kappa shape index (κ1) is 20.6. The Kier molecular flexibility index (Phi) is 6.65. The van der Waals surface area contributed by atoms with Gasteiger partial charge in [-0.15, -0.1) is 0 Å². The van der Waals surface area contributed by atoms with E-state index in [4.69, 9.17) is 4.74 Å². The minimum Gasteiger partial charge on any atom is -0.455 e. The quantitative estimate of drug-likeness (QED) is 0.733. The third-order valence-electron chi connectivity index (χ3n) is 5.03. The number of amides is 2. The summed E-state index contributed by atoms with van der Waals surface area (Å²) in [7, 11) is 0. The highest BCUT2D eigenvalue weighted by atomic mass is 16.5. The molecule has 1 N–H and O–H groups in total. The molecule has 0 unspecified atom stereocenters. The number of carbonyl (C=O) groups is 3. The van der Waals surface area contributed by atoms with Crippen LogP contribution in [-0.4, -0.2) is 35.8 Å². The molecule has 0 spiro atoms. The Labute approximate surface area is 170 Å². The fourth-order valence-electron chi connectivity index (χ4n) is 3.27. The number of nitrogens with one attached hydrogen (secondary N) is 1. The summed E-state index contributed by atoms with van der Waals surface area (Å²) in [6.07, 6.45) is 1.04. The number of hydrogen-bond acceptors (Lipinski definition) is 4. The van der Waals surface area contributed by atoms with Gasteiger partial charge in [-0.2, -0.15) is 0 Å². The van der Waals surface area contributed by atoms with Gasteiger partial charge in [-0.3, -0.25) is 14.4 Å². The fraction of sp³-hybridized carbons (Fsp3) is 0.348. The van der Waals surface area contributed by atoms with Gasteiger partial charge in [0.25, 0.3) is 5.91 Å². The summed E-state index contributed by atoms with van der Waals surface area (Å²) in [4.78, 5) is 38.2. The molecule has 0 aromatic heterocycles. The lowest BCUT2D eigenvalue weighted by molar-refractivity contribution is -0.151. The van der Waals surface area contributed by atoms with Crippen LogP contribution < -0.4 is 5.32 Å². The number of anilines is 1. The highest BCUT2D eigenvalue weighted by Crippen LogP contribution is 2.21. The lowest BCUT2D eigenvalue weighted by Crippen LogP contribution is -2.28. The SMILES string of the molecule is CCc1ccc(NC(=O)COC(=O)[C@H]2CC(=O)N(Cc3ccc(C)cc3)C2)cc1. The van der Waals surface area contributed by atoms with Gasteiger partial charge in [0.15, 0.2) is 6.61 Å². The Morgan fingerprint density at radius 2 is 1.72 bits per heavy atom. The van der Waals surface area contributed by atoms with Gasteiger partial charge in [0.2, 0.25) is 5.91 Å². The maximum atomic E-state index is 12.3. The molecule has 2 amide bonds. The van der Waals surface area contributed by atoms with Gasteiger partial charge >= 0.3 is 5.97 Å². The number of esters is 1. The molecule has 2 aromatic carbocycles. The molecular formula is C23H26N2O4. The van der Waals surface area contributed by atoms with E-state index in [1.54, 1.807) is 4.90 Å². The van der Waals surface area contributed by atoms with E-state index < -0.39 is 17.8 Å². The van der Waals surface area contributed by atoms with Crippen LogP contribution in [-0.2, 0) is 32.1 Å². The maximum Gasteiger partial charge on any atom is 0.311 e. The van der Waals surface area contributed by atoms with Crippen LogP contribution in [0.25, 0.3) is 0 Å². The van der Waals surface area contributed by atoms with E-state index >= 15 is 0 Å². The zero-order valence-electron chi connectivity index (χ0n) is 16.8. The van der Waals surface area contributed by atoms with Crippen LogP contribution in [0.15, 0.2) is 48.5 Å². The largest absolute Gasteiger partial charge is 0.455 e. The Balaban J connectivity index is 1.45. The molecule has 3 rings (SSSR count). The molecule has 1 heterocycles. The molecule has 1 aliphatic heterocycles. The van der Waals surface area contributed by atoms with Gasteiger partial charge < -0.3 is 15.0 Å². The second-order valence-electron chi connectivity index (χ2n) is 7.37. The van der Waals surface area contributed by atoms with Crippen molar-refractivity contribution in [3.63, 3.8) is 0 Å². The van der Waals surface area contributed by atoms with E-state index in [1.807, 2.05) is 55.5 Å². The summed E-state index contributed by atoms with van der Waals surface area (Å²) < 4.78 is 5.14. The molecule has 152 valence electrons. The van der Waals surface area contributed by atoms with E-state index in [0.717, 1.165) is 17.5 Å². The molecule has 1 aliphatic rings. The summed E-state index contributed by atoms with van der Waals surface area (Å²) in [5.41, 5.74) is 4.01. The molecule has 0 radical (unpaired) electrons. The number of rotatable bonds is 7. The van der Waals surface area contributed by atoms with Gasteiger partial charge in [0.05, 0.1) is 5.92 Å². The monoisotopic (exact) mass is 394 g/mol. The van der Waals surface area contributed by atoms with Crippen molar-refractivity contribution in [1.29, 1.82) is 0 Å². The summed E-state index contributed by atoms with van der Waals surface area (Å²) in [5.74, 6) is -1.53. The first-order valence-corrected chi connectivity index (χ1v) is 9.83. The second-order valence-corrected chi connectivity index (χ2v) is 7.37. The summed E-state index contributed by atoms with van der Waals surface area (Å²) in [6.45, 7) is 4.48. The van der Waals surface area contributed by atoms with Gasteiger partial charge in [0.1, 0.15) is 0 Å². The van der Waals surface area contributed by atoms with E-state index in [9.17, 15) is 14.4 Å². The highest BCUT2D eigenvalue weighted by molar-refractivity contribution is 5.93. The van der Waals surface area contributed by atoms with Gasteiger partial charge in [-0.1, -0.05) is 48.9 Å². The zero-order valence-corrected chi connectivity index (χ0v) is 16.8. The normalized spacial score (nSPS) is 16.0. The average molecular weight is 394 g/mol. The molecule has 2 aromatic rings. The molecule has 29 heavy (non-hydrogen) atoms. The van der Waals surface area contributed by atoms with Crippen LogP contribution >= 0.6 is 0 Å². The van der Waals surface area contributed by atoms with Crippen molar-refractivity contribution in [2.75, 3.05) is 18.5 Å². The number of aryl methyl sites for hydroxylation is 2. The number of likely N-dealkylation sites (tertiary alicyclic amines) is 1. The number of carbonyl (C=O) groups excluding carboxylic acids is 3. The third-order valence-corrected chi connectivity index (χ3v) is 5.03. The number of ether oxygens (including phenoxy) is 1. The molecule has 6 nitrogen and oxygen atoms in total. The molecule has 0 saturated carbocycles. The molecule has 1 fully saturated rings. The minimum atomic E-state index is -0.537. The zero-order chi connectivity index (χ0) is 20.8. The fourth-order valence-corrected chi connectivity index (χ4v) is 3.27. The van der Waals surface area contributed by atoms with Crippen molar-refractivity contribution in [3.05, 3.63) is 65.2 Å².